The van der Waals surface area contributed by atoms with Gasteiger partial charge in [0, 0.05) is 23.5 Å². The molecule has 0 aliphatic heterocycles. The number of rotatable bonds is 13. The predicted molar refractivity (Wildman–Crippen MR) is 195 cm³/mol. The van der Waals surface area contributed by atoms with Gasteiger partial charge in [-0.05, 0) is 73.2 Å². The molecule has 4 aromatic rings. The minimum absolute atomic E-state index is 0.0437. The molecule has 1 aliphatic carbocycles. The zero-order valence-corrected chi connectivity index (χ0v) is 30.0. The van der Waals surface area contributed by atoms with Crippen LogP contribution in [-0.2, 0) is 39.0 Å². The fraction of sp³-hybridized carbons (Fsp3) is 0.333. The number of carbonyl (C=O) groups is 2. The van der Waals surface area contributed by atoms with Gasteiger partial charge in [0.15, 0.2) is 0 Å². The Labute approximate surface area is 293 Å². The summed E-state index contributed by atoms with van der Waals surface area (Å²) in [6.07, 6.45) is 5.93. The Morgan fingerprint density at radius 1 is 0.854 bits per heavy atom. The first-order valence-corrected chi connectivity index (χ1v) is 18.9. The van der Waals surface area contributed by atoms with Crippen LogP contribution in [0.4, 0.5) is 5.69 Å². The van der Waals surface area contributed by atoms with Crippen LogP contribution in [0.25, 0.3) is 0 Å². The first kappa shape index (κ1) is 35.4. The number of para-hydroxylation sites is 1. The number of anilines is 1. The highest BCUT2D eigenvalue weighted by molar-refractivity contribution is 9.10. The van der Waals surface area contributed by atoms with E-state index in [1.165, 1.54) is 4.31 Å². The van der Waals surface area contributed by atoms with Gasteiger partial charge in [-0.2, -0.15) is 0 Å². The molecule has 4 aromatic carbocycles. The largest absolute Gasteiger partial charge is 0.352 e. The van der Waals surface area contributed by atoms with Crippen LogP contribution in [0.1, 0.15) is 61.3 Å². The van der Waals surface area contributed by atoms with Gasteiger partial charge in [0.2, 0.25) is 11.8 Å². The molecule has 7 nitrogen and oxygen atoms in total. The zero-order chi connectivity index (χ0) is 34.1. The lowest BCUT2D eigenvalue weighted by atomic mass is 9.94. The second-order valence-electron chi connectivity index (χ2n) is 12.5. The molecule has 9 heteroatoms. The Balaban J connectivity index is 1.58. The van der Waals surface area contributed by atoms with E-state index in [1.807, 2.05) is 80.6 Å². The summed E-state index contributed by atoms with van der Waals surface area (Å²) in [7, 11) is -4.16. The molecule has 48 heavy (non-hydrogen) atoms. The predicted octanol–water partition coefficient (Wildman–Crippen LogP) is 7.60. The Morgan fingerprint density at radius 2 is 1.52 bits per heavy atom. The number of carbonyl (C=O) groups excluding carboxylic acids is 2. The number of aryl methyl sites for hydroxylation is 2. The first-order valence-electron chi connectivity index (χ1n) is 16.7. The van der Waals surface area contributed by atoms with Crippen molar-refractivity contribution in [3.63, 3.8) is 0 Å². The molecule has 1 aliphatic rings. The molecule has 1 saturated carbocycles. The molecular formula is C39H44BrN3O4S. The maximum atomic E-state index is 14.8. The Morgan fingerprint density at radius 3 is 2.21 bits per heavy atom. The Bertz CT molecular complexity index is 1790. The number of hydrogen-bond donors (Lipinski definition) is 1. The molecule has 1 unspecified atom stereocenters. The highest BCUT2D eigenvalue weighted by Gasteiger charge is 2.36. The fourth-order valence-electron chi connectivity index (χ4n) is 6.33. The first-order chi connectivity index (χ1) is 23.2. The van der Waals surface area contributed by atoms with Crippen LogP contribution >= 0.6 is 15.9 Å². The Kier molecular flexibility index (Phi) is 12.1. The van der Waals surface area contributed by atoms with Crippen LogP contribution in [0.5, 0.6) is 0 Å². The third-order valence-corrected chi connectivity index (χ3v) is 11.3. The van der Waals surface area contributed by atoms with E-state index in [4.69, 9.17) is 0 Å². The lowest BCUT2D eigenvalue weighted by molar-refractivity contribution is -0.140. The summed E-state index contributed by atoms with van der Waals surface area (Å²) in [5, 5.41) is 3.26. The number of halogens is 1. The van der Waals surface area contributed by atoms with Crippen LogP contribution in [0.15, 0.2) is 112 Å². The zero-order valence-electron chi connectivity index (χ0n) is 27.6. The number of sulfonamides is 1. The van der Waals surface area contributed by atoms with Crippen LogP contribution in [0, 0.1) is 6.92 Å². The number of nitrogens with zero attached hydrogens (tertiary/aromatic N) is 2. The van der Waals surface area contributed by atoms with Crippen LogP contribution < -0.4 is 9.62 Å². The maximum absolute atomic E-state index is 14.8. The molecule has 252 valence electrons. The molecule has 0 heterocycles. The van der Waals surface area contributed by atoms with Gasteiger partial charge in [-0.15, -0.1) is 0 Å². The van der Waals surface area contributed by atoms with E-state index in [0.717, 1.165) is 58.8 Å². The van der Waals surface area contributed by atoms with Crippen molar-refractivity contribution in [2.75, 3.05) is 10.8 Å². The van der Waals surface area contributed by atoms with E-state index in [-0.39, 0.29) is 29.8 Å². The van der Waals surface area contributed by atoms with Gasteiger partial charge in [-0.25, -0.2) is 8.42 Å². The Hall–Kier alpha value is -3.95. The molecule has 0 bridgehead atoms. The molecule has 5 rings (SSSR count). The molecule has 0 radical (unpaired) electrons. The van der Waals surface area contributed by atoms with Gasteiger partial charge >= 0.3 is 0 Å². The summed E-state index contributed by atoms with van der Waals surface area (Å²) in [6.45, 7) is 3.52. The average Bonchev–Trinajstić information content (AvgIpc) is 3.09. The van der Waals surface area contributed by atoms with Gasteiger partial charge in [-0.3, -0.25) is 13.9 Å². The van der Waals surface area contributed by atoms with Crippen molar-refractivity contribution in [3.8, 4) is 0 Å². The minimum atomic E-state index is -4.16. The topological polar surface area (TPSA) is 86.8 Å². The van der Waals surface area contributed by atoms with Crippen molar-refractivity contribution in [1.82, 2.24) is 10.2 Å². The van der Waals surface area contributed by atoms with Gasteiger partial charge < -0.3 is 10.2 Å². The van der Waals surface area contributed by atoms with Crippen molar-refractivity contribution < 1.29 is 18.0 Å². The molecular weight excluding hydrogens is 686 g/mol. The van der Waals surface area contributed by atoms with Crippen molar-refractivity contribution in [2.24, 2.45) is 0 Å². The van der Waals surface area contributed by atoms with Crippen LogP contribution in [0.3, 0.4) is 0 Å². The minimum Gasteiger partial charge on any atom is -0.352 e. The van der Waals surface area contributed by atoms with Crippen LogP contribution in [-0.4, -0.2) is 43.8 Å². The summed E-state index contributed by atoms with van der Waals surface area (Å²) in [4.78, 5) is 30.8. The second kappa shape index (κ2) is 16.4. The van der Waals surface area contributed by atoms with E-state index < -0.39 is 28.5 Å². The normalized spacial score (nSPS) is 14.2. The van der Waals surface area contributed by atoms with E-state index >= 15 is 0 Å². The lowest BCUT2D eigenvalue weighted by Gasteiger charge is -2.35. The molecule has 1 atom stereocenters. The quantitative estimate of drug-likeness (QED) is 0.154. The maximum Gasteiger partial charge on any atom is 0.264 e. The summed E-state index contributed by atoms with van der Waals surface area (Å²) in [5.41, 5.74) is 3.91. The summed E-state index contributed by atoms with van der Waals surface area (Å²) in [6, 6.07) is 30.4. The number of nitrogens with one attached hydrogen (secondary N) is 1. The van der Waals surface area contributed by atoms with Gasteiger partial charge in [0.25, 0.3) is 10.0 Å². The number of hydrogen-bond acceptors (Lipinski definition) is 4. The van der Waals surface area contributed by atoms with E-state index in [1.54, 1.807) is 41.3 Å². The summed E-state index contributed by atoms with van der Waals surface area (Å²) >= 11 is 3.55. The van der Waals surface area contributed by atoms with Crippen molar-refractivity contribution in [2.45, 2.75) is 82.3 Å². The lowest BCUT2D eigenvalue weighted by Crippen LogP contribution is -2.55. The van der Waals surface area contributed by atoms with Gasteiger partial charge in [0.1, 0.15) is 12.6 Å². The monoisotopic (exact) mass is 729 g/mol. The molecule has 1 N–H and O–H groups in total. The molecule has 1 fully saturated rings. The second-order valence-corrected chi connectivity index (χ2v) is 15.3. The highest BCUT2D eigenvalue weighted by Crippen LogP contribution is 2.29. The molecule has 0 saturated heterocycles. The third kappa shape index (κ3) is 8.94. The standard InChI is InChI=1S/C39H44BrN3O4S/c1-3-32-16-10-11-20-36(32)43(48(46,47)35-23-21-29(2)22-24-35)28-38(44)42(27-31-15-12-17-33(40)25-31)37(26-30-13-6-4-7-14-30)39(45)41-34-18-8-5-9-19-34/h4,6-7,10-17,20-25,34,37H,3,5,8-9,18-19,26-28H2,1-2H3,(H,41,45). The van der Waals surface area contributed by atoms with E-state index in [9.17, 15) is 18.0 Å². The summed E-state index contributed by atoms with van der Waals surface area (Å²) < 4.78 is 30.9. The summed E-state index contributed by atoms with van der Waals surface area (Å²) in [5.74, 6) is -0.688. The smallest absolute Gasteiger partial charge is 0.264 e. The van der Waals surface area contributed by atoms with Gasteiger partial charge in [-0.1, -0.05) is 120 Å². The van der Waals surface area contributed by atoms with Crippen molar-refractivity contribution in [1.29, 1.82) is 0 Å². The van der Waals surface area contributed by atoms with E-state index in [0.29, 0.717) is 12.1 Å². The van der Waals surface area contributed by atoms with Crippen molar-refractivity contribution in [3.05, 3.63) is 130 Å². The van der Waals surface area contributed by atoms with E-state index in [2.05, 4.69) is 21.2 Å². The number of amides is 2. The third-order valence-electron chi connectivity index (χ3n) is 8.99. The molecule has 2 amide bonds. The molecule has 0 aromatic heterocycles. The SMILES string of the molecule is CCc1ccccc1N(CC(=O)N(Cc1cccc(Br)c1)C(Cc1ccccc1)C(=O)NC1CCCCC1)S(=O)(=O)c1ccc(C)cc1. The fourth-order valence-corrected chi connectivity index (χ4v) is 8.23. The highest BCUT2D eigenvalue weighted by atomic mass is 79.9. The van der Waals surface area contributed by atoms with Crippen LogP contribution in [0.2, 0.25) is 0 Å². The molecule has 0 spiro atoms. The van der Waals surface area contributed by atoms with Crippen molar-refractivity contribution >= 4 is 43.5 Å². The van der Waals surface area contributed by atoms with Gasteiger partial charge in [0.05, 0.1) is 10.6 Å². The average molecular weight is 731 g/mol. The number of benzene rings is 4.